The second kappa shape index (κ2) is 12.7. The summed E-state index contributed by atoms with van der Waals surface area (Å²) in [4.78, 5) is 42.7. The van der Waals surface area contributed by atoms with Crippen LogP contribution in [0.5, 0.6) is 0 Å². The van der Waals surface area contributed by atoms with Gasteiger partial charge in [-0.2, -0.15) is 0 Å². The van der Waals surface area contributed by atoms with E-state index >= 15 is 0 Å². The summed E-state index contributed by atoms with van der Waals surface area (Å²) in [5.74, 6) is 0.537. The minimum atomic E-state index is -1.45. The summed E-state index contributed by atoms with van der Waals surface area (Å²) in [6.07, 6.45) is 6.89. The molecule has 0 saturated heterocycles. The molecular formula is C42H56N6O4. The molecule has 4 aromatic rings. The van der Waals surface area contributed by atoms with Crippen LogP contribution in [0.4, 0.5) is 0 Å². The molecule has 2 saturated carbocycles. The Labute approximate surface area is 307 Å². The minimum Gasteiger partial charge on any atom is -0.380 e. The Bertz CT molecular complexity index is 1790. The number of carbonyl (C=O) groups excluding carboxylic acids is 2. The van der Waals surface area contributed by atoms with E-state index in [0.29, 0.717) is 11.6 Å². The summed E-state index contributed by atoms with van der Waals surface area (Å²) in [5, 5.41) is 28.3. The number of hydrogen-bond acceptors (Lipinski definition) is 6. The predicted molar refractivity (Wildman–Crippen MR) is 204 cm³/mol. The highest BCUT2D eigenvalue weighted by Gasteiger charge is 2.58. The lowest BCUT2D eigenvalue weighted by Gasteiger charge is -2.35. The Kier molecular flexibility index (Phi) is 9.15. The summed E-state index contributed by atoms with van der Waals surface area (Å²) in [6, 6.07) is 15.6. The summed E-state index contributed by atoms with van der Waals surface area (Å²) < 4.78 is 0. The molecule has 0 bridgehead atoms. The standard InChI is InChI=1S/C42H56N6O4/c1-37(2,3)31(47-35(49)41(9,51)39(7)19-20-39)33-43-23-29(45-33)27-15-11-25(12-16-27)26-13-17-28(18-14-26)30-24-44-34(46-30)32(38(4,5)6)48-36(50)42(10,52)40(8)21-22-40/h11-18,23-24,31-32,51-52H,19-22H2,1-10H3,(H,43,45)(H,44,46)(H,47,49)(H,48,50). The van der Waals surface area contributed by atoms with Gasteiger partial charge >= 0.3 is 0 Å². The van der Waals surface area contributed by atoms with Crippen LogP contribution in [0.2, 0.25) is 0 Å². The number of nitrogens with one attached hydrogen (secondary N) is 4. The molecule has 2 fully saturated rings. The number of benzene rings is 2. The van der Waals surface area contributed by atoms with E-state index in [9.17, 15) is 19.8 Å². The molecule has 0 aliphatic heterocycles. The van der Waals surface area contributed by atoms with Crippen molar-refractivity contribution in [3.8, 4) is 33.6 Å². The molecule has 2 amide bonds. The van der Waals surface area contributed by atoms with Crippen LogP contribution in [0.15, 0.2) is 60.9 Å². The molecule has 2 aliphatic carbocycles. The van der Waals surface area contributed by atoms with Crippen LogP contribution in [0.1, 0.15) is 119 Å². The van der Waals surface area contributed by atoms with Crippen molar-refractivity contribution in [1.29, 1.82) is 0 Å². The number of nitrogens with zero attached hydrogens (tertiary/aromatic N) is 2. The molecule has 52 heavy (non-hydrogen) atoms. The predicted octanol–water partition coefficient (Wildman–Crippen LogP) is 7.64. The van der Waals surface area contributed by atoms with Gasteiger partial charge in [0.15, 0.2) is 0 Å². The Morgan fingerprint density at radius 2 is 0.885 bits per heavy atom. The normalized spacial score (nSPS) is 19.8. The van der Waals surface area contributed by atoms with E-state index in [1.807, 2.05) is 79.7 Å². The maximum absolute atomic E-state index is 13.3. The second-order valence-corrected chi connectivity index (χ2v) is 18.3. The number of carbonyl (C=O) groups is 2. The van der Waals surface area contributed by atoms with Gasteiger partial charge in [0, 0.05) is 10.8 Å². The number of imidazole rings is 2. The number of amides is 2. The van der Waals surface area contributed by atoms with Gasteiger partial charge in [-0.25, -0.2) is 9.97 Å². The van der Waals surface area contributed by atoms with Gasteiger partial charge in [0.25, 0.3) is 11.8 Å². The minimum absolute atomic E-state index is 0.348. The van der Waals surface area contributed by atoms with E-state index < -0.39 is 34.1 Å². The summed E-state index contributed by atoms with van der Waals surface area (Å²) in [7, 11) is 0. The van der Waals surface area contributed by atoms with Crippen molar-refractivity contribution in [2.75, 3.05) is 0 Å². The highest BCUT2D eigenvalue weighted by Crippen LogP contribution is 2.55. The van der Waals surface area contributed by atoms with E-state index in [-0.39, 0.29) is 22.6 Å². The first-order valence-corrected chi connectivity index (χ1v) is 18.4. The maximum atomic E-state index is 13.3. The molecule has 2 aliphatic rings. The van der Waals surface area contributed by atoms with Crippen molar-refractivity contribution in [3.63, 3.8) is 0 Å². The van der Waals surface area contributed by atoms with E-state index in [4.69, 9.17) is 0 Å². The number of aromatic amines is 2. The van der Waals surface area contributed by atoms with Gasteiger partial charge in [0.2, 0.25) is 0 Å². The molecule has 0 spiro atoms. The van der Waals surface area contributed by atoms with Gasteiger partial charge in [0.05, 0.1) is 35.9 Å². The zero-order chi connectivity index (χ0) is 38.1. The van der Waals surface area contributed by atoms with Crippen LogP contribution in [0.25, 0.3) is 33.6 Å². The van der Waals surface area contributed by atoms with Crippen molar-refractivity contribution in [2.24, 2.45) is 21.7 Å². The first-order chi connectivity index (χ1) is 24.1. The quantitative estimate of drug-likeness (QED) is 0.0941. The number of aromatic nitrogens is 4. The van der Waals surface area contributed by atoms with Crippen LogP contribution in [-0.4, -0.2) is 53.2 Å². The number of H-pyrrole nitrogens is 2. The van der Waals surface area contributed by atoms with Crippen molar-refractivity contribution in [3.05, 3.63) is 72.6 Å². The summed E-state index contributed by atoms with van der Waals surface area (Å²) in [6.45, 7) is 19.4. The lowest BCUT2D eigenvalue weighted by Crippen LogP contribution is -2.52. The Morgan fingerprint density at radius 1 is 0.596 bits per heavy atom. The molecule has 10 heteroatoms. The highest BCUT2D eigenvalue weighted by molar-refractivity contribution is 5.87. The number of aliphatic hydroxyl groups is 2. The van der Waals surface area contributed by atoms with Crippen LogP contribution in [0.3, 0.4) is 0 Å². The number of rotatable bonds is 11. The Morgan fingerprint density at radius 3 is 1.15 bits per heavy atom. The molecule has 2 heterocycles. The zero-order valence-corrected chi connectivity index (χ0v) is 32.4. The van der Waals surface area contributed by atoms with Gasteiger partial charge < -0.3 is 30.8 Å². The lowest BCUT2D eigenvalue weighted by molar-refractivity contribution is -0.147. The molecule has 4 atom stereocenters. The smallest absolute Gasteiger partial charge is 0.252 e. The average Bonchev–Trinajstić information content (AvgIpc) is 3.88. The van der Waals surface area contributed by atoms with Crippen LogP contribution in [-0.2, 0) is 9.59 Å². The summed E-state index contributed by atoms with van der Waals surface area (Å²) >= 11 is 0. The van der Waals surface area contributed by atoms with E-state index in [0.717, 1.165) is 59.3 Å². The van der Waals surface area contributed by atoms with Crippen molar-refractivity contribution in [2.45, 2.75) is 118 Å². The highest BCUT2D eigenvalue weighted by atomic mass is 16.3. The fraction of sp³-hybridized carbons (Fsp3) is 0.524. The average molecular weight is 709 g/mol. The molecule has 4 unspecified atom stereocenters. The van der Waals surface area contributed by atoms with Crippen LogP contribution < -0.4 is 10.6 Å². The first kappa shape index (κ1) is 37.5. The van der Waals surface area contributed by atoms with Gasteiger partial charge in [-0.3, -0.25) is 9.59 Å². The fourth-order valence-electron chi connectivity index (χ4n) is 6.77. The molecule has 0 radical (unpaired) electrons. The third-order valence-corrected chi connectivity index (χ3v) is 12.0. The van der Waals surface area contributed by atoms with E-state index in [1.165, 1.54) is 0 Å². The van der Waals surface area contributed by atoms with Crippen molar-refractivity contribution in [1.82, 2.24) is 30.6 Å². The monoisotopic (exact) mass is 708 g/mol. The number of hydrogen-bond donors (Lipinski definition) is 6. The van der Waals surface area contributed by atoms with Gasteiger partial charge in [-0.05, 0) is 72.6 Å². The van der Waals surface area contributed by atoms with Crippen LogP contribution >= 0.6 is 0 Å². The van der Waals surface area contributed by atoms with Gasteiger partial charge in [0.1, 0.15) is 22.9 Å². The first-order valence-electron chi connectivity index (χ1n) is 18.4. The van der Waals surface area contributed by atoms with Gasteiger partial charge in [-0.15, -0.1) is 0 Å². The van der Waals surface area contributed by atoms with E-state index in [2.05, 4.69) is 54.8 Å². The third kappa shape index (κ3) is 7.07. The van der Waals surface area contributed by atoms with Crippen LogP contribution in [0, 0.1) is 21.7 Å². The SMILES string of the molecule is CC(C)(C)C(NC(=O)C(C)(O)C1(C)CC1)c1ncc(-c2ccc(-c3ccc(-c4cnc(C(NC(=O)C(C)(O)C5(C)CC5)C(C)(C)C)[nH]4)cc3)cc2)[nH]1. The molecule has 2 aromatic heterocycles. The molecular weight excluding hydrogens is 652 g/mol. The largest absolute Gasteiger partial charge is 0.380 e. The molecule has 6 rings (SSSR count). The lowest BCUT2D eigenvalue weighted by atomic mass is 9.83. The second-order valence-electron chi connectivity index (χ2n) is 18.3. The molecule has 278 valence electrons. The van der Waals surface area contributed by atoms with Crippen molar-refractivity contribution >= 4 is 11.8 Å². The zero-order valence-electron chi connectivity index (χ0n) is 32.4. The molecule has 10 nitrogen and oxygen atoms in total. The van der Waals surface area contributed by atoms with Crippen molar-refractivity contribution < 1.29 is 19.8 Å². The topological polar surface area (TPSA) is 156 Å². The molecule has 2 aromatic carbocycles. The molecule has 6 N–H and O–H groups in total. The summed E-state index contributed by atoms with van der Waals surface area (Å²) in [5.41, 5.74) is 1.34. The maximum Gasteiger partial charge on any atom is 0.252 e. The van der Waals surface area contributed by atoms with Gasteiger partial charge in [-0.1, -0.05) is 104 Å². The third-order valence-electron chi connectivity index (χ3n) is 12.0. The Balaban J connectivity index is 1.14. The Hall–Kier alpha value is -4.28. The fourth-order valence-corrected chi connectivity index (χ4v) is 6.77. The van der Waals surface area contributed by atoms with E-state index in [1.54, 1.807) is 26.2 Å².